The van der Waals surface area contributed by atoms with E-state index in [1.54, 1.807) is 4.90 Å². The van der Waals surface area contributed by atoms with Crippen molar-refractivity contribution in [1.29, 1.82) is 0 Å². The third-order valence-corrected chi connectivity index (χ3v) is 9.17. The first-order valence-corrected chi connectivity index (χ1v) is 16.8. The lowest BCUT2D eigenvalue weighted by Crippen LogP contribution is -2.67. The van der Waals surface area contributed by atoms with Gasteiger partial charge in [0, 0.05) is 52.5 Å². The summed E-state index contributed by atoms with van der Waals surface area (Å²) in [5.74, 6) is 0.928. The Balaban J connectivity index is 1.31. The van der Waals surface area contributed by atoms with Crippen LogP contribution in [0.15, 0.2) is 12.4 Å². The SMILES string of the molecule is CN(C(=O)OC(C)(C)C)C1CC2(C1)CN(c1cnc3c(n1)c(I)cn3COCC[Si](C)(C)C)C2. The minimum atomic E-state index is -1.09. The van der Waals surface area contributed by atoms with Crippen LogP contribution < -0.4 is 4.90 Å². The van der Waals surface area contributed by atoms with Crippen LogP contribution in [0.2, 0.25) is 25.7 Å². The van der Waals surface area contributed by atoms with Crippen LogP contribution in [-0.4, -0.2) is 72.0 Å². The van der Waals surface area contributed by atoms with Gasteiger partial charge in [-0.25, -0.2) is 14.8 Å². The smallest absolute Gasteiger partial charge is 0.410 e. The fourth-order valence-corrected chi connectivity index (χ4v) is 6.13. The molecule has 8 nitrogen and oxygen atoms in total. The number of hydrogen-bond donors (Lipinski definition) is 0. The second-order valence-electron chi connectivity index (χ2n) is 12.2. The van der Waals surface area contributed by atoms with Crippen molar-refractivity contribution in [2.45, 2.75) is 77.7 Å². The maximum Gasteiger partial charge on any atom is 0.410 e. The predicted octanol–water partition coefficient (Wildman–Crippen LogP) is 5.18. The van der Waals surface area contributed by atoms with Crippen LogP contribution in [0.3, 0.4) is 0 Å². The Labute approximate surface area is 217 Å². The highest BCUT2D eigenvalue weighted by Gasteiger charge is 2.54. The van der Waals surface area contributed by atoms with E-state index in [-0.39, 0.29) is 17.6 Å². The molecule has 0 aromatic carbocycles. The predicted molar refractivity (Wildman–Crippen MR) is 146 cm³/mol. The van der Waals surface area contributed by atoms with Crippen LogP contribution in [-0.2, 0) is 16.2 Å². The molecule has 0 radical (unpaired) electrons. The zero-order valence-electron chi connectivity index (χ0n) is 21.5. The first kappa shape index (κ1) is 25.7. The standard InChI is InChI=1S/C24H38IN5O3Si/c1-23(2,3)33-22(31)28(4)17-10-24(11-17)14-30(15-24)19-12-26-21-20(27-19)18(25)13-29(21)16-32-8-9-34(5,6)7/h12-13,17H,8-11,14-16H2,1-7H3. The zero-order valence-corrected chi connectivity index (χ0v) is 24.7. The summed E-state index contributed by atoms with van der Waals surface area (Å²) in [6.45, 7) is 16.0. The quantitative estimate of drug-likeness (QED) is 0.248. The number of ether oxygens (including phenoxy) is 2. The number of carbonyl (C=O) groups excluding carboxylic acids is 1. The molecule has 1 saturated heterocycles. The molecule has 1 aliphatic carbocycles. The van der Waals surface area contributed by atoms with Crippen LogP contribution >= 0.6 is 22.6 Å². The molecule has 188 valence electrons. The Bertz CT molecular complexity index is 1050. The van der Waals surface area contributed by atoms with Gasteiger partial charge >= 0.3 is 6.09 Å². The molecule has 3 heterocycles. The molecule has 34 heavy (non-hydrogen) atoms. The van der Waals surface area contributed by atoms with Crippen molar-refractivity contribution >= 4 is 53.7 Å². The van der Waals surface area contributed by atoms with E-state index >= 15 is 0 Å². The maximum atomic E-state index is 12.3. The molecule has 0 bridgehead atoms. The average Bonchev–Trinajstić information content (AvgIpc) is 2.96. The number of halogens is 1. The van der Waals surface area contributed by atoms with Gasteiger partial charge in [0.05, 0.1) is 9.77 Å². The highest BCUT2D eigenvalue weighted by molar-refractivity contribution is 14.1. The highest BCUT2D eigenvalue weighted by Crippen LogP contribution is 2.51. The summed E-state index contributed by atoms with van der Waals surface area (Å²) in [6.07, 6.45) is 5.75. The first-order chi connectivity index (χ1) is 15.8. The number of hydrogen-bond acceptors (Lipinski definition) is 6. The third kappa shape index (κ3) is 5.70. The van der Waals surface area contributed by atoms with Crippen LogP contribution in [0.5, 0.6) is 0 Å². The fourth-order valence-electron chi connectivity index (χ4n) is 4.68. The number of amides is 1. The summed E-state index contributed by atoms with van der Waals surface area (Å²) < 4.78 is 14.6. The molecule has 0 atom stereocenters. The minimum Gasteiger partial charge on any atom is -0.444 e. The Morgan fingerprint density at radius 3 is 2.59 bits per heavy atom. The molecule has 1 aliphatic heterocycles. The van der Waals surface area contributed by atoms with Gasteiger partial charge in [-0.2, -0.15) is 0 Å². The summed E-state index contributed by atoms with van der Waals surface area (Å²) in [7, 11) is 0.757. The molecule has 2 aromatic heterocycles. The number of nitrogens with zero attached hydrogens (tertiary/aromatic N) is 5. The number of anilines is 1. The summed E-state index contributed by atoms with van der Waals surface area (Å²) >= 11 is 2.33. The summed E-state index contributed by atoms with van der Waals surface area (Å²) in [5, 5.41) is 0. The minimum absolute atomic E-state index is 0.233. The second-order valence-corrected chi connectivity index (χ2v) is 19.0. The van der Waals surface area contributed by atoms with E-state index in [0.29, 0.717) is 6.73 Å². The van der Waals surface area contributed by atoms with Crippen molar-refractivity contribution in [1.82, 2.24) is 19.4 Å². The van der Waals surface area contributed by atoms with E-state index in [9.17, 15) is 4.79 Å². The first-order valence-electron chi connectivity index (χ1n) is 12.1. The highest BCUT2D eigenvalue weighted by atomic mass is 127. The average molecular weight is 600 g/mol. The summed E-state index contributed by atoms with van der Waals surface area (Å²) in [4.78, 5) is 26.1. The lowest BCUT2D eigenvalue weighted by molar-refractivity contribution is -0.0293. The number of fused-ring (bicyclic) bond motifs is 1. The molecule has 4 rings (SSSR count). The van der Waals surface area contributed by atoms with Crippen molar-refractivity contribution in [2.24, 2.45) is 5.41 Å². The van der Waals surface area contributed by atoms with Crippen molar-refractivity contribution in [3.05, 3.63) is 16.0 Å². The fraction of sp³-hybridized carbons (Fsp3) is 0.708. The van der Waals surface area contributed by atoms with Gasteiger partial charge in [-0.15, -0.1) is 0 Å². The normalized spacial score (nSPS) is 18.2. The topological polar surface area (TPSA) is 72.7 Å². The molecule has 0 N–H and O–H groups in total. The van der Waals surface area contributed by atoms with Crippen molar-refractivity contribution in [2.75, 3.05) is 31.6 Å². The van der Waals surface area contributed by atoms with Crippen molar-refractivity contribution < 1.29 is 14.3 Å². The lowest BCUT2D eigenvalue weighted by atomic mass is 9.60. The van der Waals surface area contributed by atoms with Gasteiger partial charge in [0.2, 0.25) is 0 Å². The maximum absolute atomic E-state index is 12.3. The number of carbonyl (C=O) groups is 1. The lowest BCUT2D eigenvalue weighted by Gasteiger charge is -2.60. The third-order valence-electron chi connectivity index (χ3n) is 6.68. The number of aromatic nitrogens is 3. The van der Waals surface area contributed by atoms with Crippen LogP contribution in [0.25, 0.3) is 11.2 Å². The van der Waals surface area contributed by atoms with Crippen molar-refractivity contribution in [3.63, 3.8) is 0 Å². The van der Waals surface area contributed by atoms with Gasteiger partial charge in [-0.1, -0.05) is 19.6 Å². The molecule has 0 unspecified atom stereocenters. The largest absolute Gasteiger partial charge is 0.444 e. The molecule has 1 amide bonds. The molecule has 1 saturated carbocycles. The van der Waals surface area contributed by atoms with E-state index in [1.807, 2.05) is 34.0 Å². The van der Waals surface area contributed by atoms with Crippen LogP contribution in [0, 0.1) is 8.99 Å². The van der Waals surface area contributed by atoms with E-state index in [1.165, 1.54) is 0 Å². The van der Waals surface area contributed by atoms with Crippen LogP contribution in [0.1, 0.15) is 33.6 Å². The molecule has 2 aliphatic rings. The molecule has 2 fully saturated rings. The van der Waals surface area contributed by atoms with Gasteiger partial charge in [0.1, 0.15) is 23.7 Å². The van der Waals surface area contributed by atoms with Gasteiger partial charge in [0.25, 0.3) is 0 Å². The molecule has 2 aromatic rings. The molecule has 1 spiro atoms. The summed E-state index contributed by atoms with van der Waals surface area (Å²) in [6, 6.07) is 1.41. The van der Waals surface area contributed by atoms with E-state index in [4.69, 9.17) is 19.4 Å². The van der Waals surface area contributed by atoms with Gasteiger partial charge < -0.3 is 23.8 Å². The Morgan fingerprint density at radius 2 is 1.97 bits per heavy atom. The van der Waals surface area contributed by atoms with Crippen molar-refractivity contribution in [3.8, 4) is 0 Å². The van der Waals surface area contributed by atoms with Gasteiger partial charge in [-0.3, -0.25) is 0 Å². The summed E-state index contributed by atoms with van der Waals surface area (Å²) in [5.41, 5.74) is 1.62. The number of rotatable bonds is 7. The monoisotopic (exact) mass is 599 g/mol. The Hall–Kier alpha value is -1.40. The molecular formula is C24H38IN5O3Si. The Morgan fingerprint density at radius 1 is 1.29 bits per heavy atom. The van der Waals surface area contributed by atoms with E-state index in [0.717, 1.165) is 59.1 Å². The zero-order chi connectivity index (χ0) is 24.9. The molecular weight excluding hydrogens is 561 g/mol. The van der Waals surface area contributed by atoms with Gasteiger partial charge in [0.15, 0.2) is 5.65 Å². The van der Waals surface area contributed by atoms with Gasteiger partial charge in [-0.05, 0) is 62.2 Å². The molecule has 10 heteroatoms. The van der Waals surface area contributed by atoms with E-state index in [2.05, 4.69) is 57.9 Å². The van der Waals surface area contributed by atoms with E-state index < -0.39 is 13.7 Å². The van der Waals surface area contributed by atoms with Crippen LogP contribution in [0.4, 0.5) is 10.6 Å². The second kappa shape index (κ2) is 9.23. The Kier molecular flexibility index (Phi) is 6.98.